The lowest BCUT2D eigenvalue weighted by Gasteiger charge is -2.30. The summed E-state index contributed by atoms with van der Waals surface area (Å²) >= 11 is 0. The summed E-state index contributed by atoms with van der Waals surface area (Å²) in [5.41, 5.74) is 0.911. The second kappa shape index (κ2) is 7.22. The summed E-state index contributed by atoms with van der Waals surface area (Å²) in [5, 5.41) is 10.8. The predicted octanol–water partition coefficient (Wildman–Crippen LogP) is -0.916. The van der Waals surface area contributed by atoms with Gasteiger partial charge in [0.1, 0.15) is 0 Å². The monoisotopic (exact) mass is 290 g/mol. The highest BCUT2D eigenvalue weighted by Gasteiger charge is 2.26. The molecular weight excluding hydrogens is 268 g/mol. The summed E-state index contributed by atoms with van der Waals surface area (Å²) in [7, 11) is 0. The Hall–Kier alpha value is -1.88. The van der Waals surface area contributed by atoms with E-state index in [0.29, 0.717) is 25.9 Å². The molecule has 0 aliphatic carbocycles. The summed E-state index contributed by atoms with van der Waals surface area (Å²) in [5.74, 6) is -1.22. The zero-order valence-electron chi connectivity index (χ0n) is 12.4. The molecule has 5 heteroatoms. The standard InChI is InChI=1S/C16H22N2O3/c1-2-18(14-6-4-3-5-7-14)15(19)12-17-10-8-13(9-11-17)16(20)21/h3-7,13H,2,8-12H2,1H3,(H,20,21). The van der Waals surface area contributed by atoms with Gasteiger partial charge in [0.2, 0.25) is 0 Å². The van der Waals surface area contributed by atoms with Crippen LogP contribution < -0.4 is 14.9 Å². The van der Waals surface area contributed by atoms with Crippen LogP contribution in [-0.4, -0.2) is 38.1 Å². The Bertz CT molecular complexity index is 482. The number of anilines is 1. The van der Waals surface area contributed by atoms with Crippen molar-refractivity contribution in [3.8, 4) is 0 Å². The third-order valence-electron chi connectivity index (χ3n) is 4.11. The lowest BCUT2D eigenvalue weighted by molar-refractivity contribution is -0.897. The molecule has 1 aromatic carbocycles. The Labute approximate surface area is 125 Å². The van der Waals surface area contributed by atoms with Crippen LogP contribution in [0.4, 0.5) is 5.69 Å². The summed E-state index contributed by atoms with van der Waals surface area (Å²) in [4.78, 5) is 26.2. The quantitative estimate of drug-likeness (QED) is 0.763. The van der Waals surface area contributed by atoms with E-state index in [0.717, 1.165) is 23.7 Å². The fourth-order valence-corrected chi connectivity index (χ4v) is 2.86. The van der Waals surface area contributed by atoms with Crippen LogP contribution in [0.3, 0.4) is 0 Å². The normalized spacial score (nSPS) is 21.8. The van der Waals surface area contributed by atoms with Crippen molar-refractivity contribution < 1.29 is 19.6 Å². The minimum atomic E-state index is -0.958. The number of carboxylic acids is 1. The minimum Gasteiger partial charge on any atom is -0.550 e. The van der Waals surface area contributed by atoms with Crippen molar-refractivity contribution in [3.63, 3.8) is 0 Å². The molecule has 2 rings (SSSR count). The molecule has 1 aromatic rings. The van der Waals surface area contributed by atoms with E-state index < -0.39 is 5.97 Å². The maximum absolute atomic E-state index is 12.4. The second-order valence-corrected chi connectivity index (χ2v) is 5.49. The number of rotatable bonds is 5. The van der Waals surface area contributed by atoms with Gasteiger partial charge in [-0.15, -0.1) is 0 Å². The van der Waals surface area contributed by atoms with Crippen molar-refractivity contribution in [1.82, 2.24) is 0 Å². The van der Waals surface area contributed by atoms with Crippen molar-refractivity contribution >= 4 is 17.6 Å². The zero-order chi connectivity index (χ0) is 15.2. The van der Waals surface area contributed by atoms with E-state index >= 15 is 0 Å². The number of para-hydroxylation sites is 1. The van der Waals surface area contributed by atoms with Gasteiger partial charge in [-0.2, -0.15) is 0 Å². The molecule has 0 spiro atoms. The molecule has 0 saturated carbocycles. The van der Waals surface area contributed by atoms with Gasteiger partial charge >= 0.3 is 0 Å². The molecule has 1 fully saturated rings. The topological polar surface area (TPSA) is 64.9 Å². The SMILES string of the molecule is CCN(C(=O)C[NH+]1CCC(C(=O)[O-])CC1)c1ccccc1. The largest absolute Gasteiger partial charge is 0.550 e. The van der Waals surface area contributed by atoms with E-state index in [1.165, 1.54) is 0 Å². The Balaban J connectivity index is 1.91. The van der Waals surface area contributed by atoms with E-state index in [9.17, 15) is 14.7 Å². The highest BCUT2D eigenvalue weighted by Crippen LogP contribution is 2.13. The lowest BCUT2D eigenvalue weighted by Crippen LogP contribution is -3.14. The molecule has 1 saturated heterocycles. The van der Waals surface area contributed by atoms with Crippen LogP contribution in [0.15, 0.2) is 30.3 Å². The number of likely N-dealkylation sites (N-methyl/N-ethyl adjacent to an activating group) is 1. The lowest BCUT2D eigenvalue weighted by atomic mass is 9.97. The number of quaternary nitrogens is 1. The Kier molecular flexibility index (Phi) is 5.33. The number of carboxylic acid groups (broad SMARTS) is 1. The van der Waals surface area contributed by atoms with Crippen molar-refractivity contribution in [2.24, 2.45) is 5.92 Å². The molecular formula is C16H22N2O3. The molecule has 0 bridgehead atoms. The highest BCUT2D eigenvalue weighted by molar-refractivity contribution is 5.93. The van der Waals surface area contributed by atoms with Gasteiger partial charge < -0.3 is 19.7 Å². The summed E-state index contributed by atoms with van der Waals surface area (Å²) in [6.07, 6.45) is 1.20. The van der Waals surface area contributed by atoms with Gasteiger partial charge in [-0.25, -0.2) is 0 Å². The first-order valence-electron chi connectivity index (χ1n) is 7.51. The number of carbonyl (C=O) groups is 2. The summed E-state index contributed by atoms with van der Waals surface area (Å²) < 4.78 is 0. The van der Waals surface area contributed by atoms with Gasteiger partial charge in [-0.1, -0.05) is 18.2 Å². The molecule has 5 nitrogen and oxygen atoms in total. The van der Waals surface area contributed by atoms with Crippen LogP contribution in [0.5, 0.6) is 0 Å². The number of benzene rings is 1. The van der Waals surface area contributed by atoms with Crippen LogP contribution in [0.2, 0.25) is 0 Å². The van der Waals surface area contributed by atoms with Gasteiger partial charge in [-0.3, -0.25) is 4.79 Å². The molecule has 0 aromatic heterocycles. The van der Waals surface area contributed by atoms with Crippen LogP contribution in [0.1, 0.15) is 19.8 Å². The number of hydrogen-bond donors (Lipinski definition) is 1. The van der Waals surface area contributed by atoms with E-state index in [4.69, 9.17) is 0 Å². The van der Waals surface area contributed by atoms with Crippen LogP contribution in [0, 0.1) is 5.92 Å². The van der Waals surface area contributed by atoms with Crippen molar-refractivity contribution in [2.45, 2.75) is 19.8 Å². The third-order valence-corrected chi connectivity index (χ3v) is 4.11. The van der Waals surface area contributed by atoms with E-state index in [1.807, 2.05) is 37.3 Å². The number of carbonyl (C=O) groups excluding carboxylic acids is 2. The smallest absolute Gasteiger partial charge is 0.282 e. The van der Waals surface area contributed by atoms with Gasteiger partial charge in [0.25, 0.3) is 5.91 Å². The molecule has 21 heavy (non-hydrogen) atoms. The highest BCUT2D eigenvalue weighted by atomic mass is 16.4. The third kappa shape index (κ3) is 4.04. The van der Waals surface area contributed by atoms with E-state index in [1.54, 1.807) is 4.90 Å². The number of nitrogens with one attached hydrogen (secondary N) is 1. The number of hydrogen-bond acceptors (Lipinski definition) is 3. The first-order valence-corrected chi connectivity index (χ1v) is 7.51. The Morgan fingerprint density at radius 2 is 1.86 bits per heavy atom. The number of nitrogens with zero attached hydrogens (tertiary/aromatic N) is 1. The fourth-order valence-electron chi connectivity index (χ4n) is 2.86. The van der Waals surface area contributed by atoms with Gasteiger partial charge in [0.15, 0.2) is 6.54 Å². The minimum absolute atomic E-state index is 0.0885. The van der Waals surface area contributed by atoms with Gasteiger partial charge in [-0.05, 0) is 19.1 Å². The molecule has 1 N–H and O–H groups in total. The van der Waals surface area contributed by atoms with Crippen LogP contribution in [-0.2, 0) is 9.59 Å². The average Bonchev–Trinajstić information content (AvgIpc) is 2.49. The fraction of sp³-hybridized carbons (Fsp3) is 0.500. The summed E-state index contributed by atoms with van der Waals surface area (Å²) in [6, 6.07) is 9.63. The van der Waals surface area contributed by atoms with Crippen LogP contribution in [0.25, 0.3) is 0 Å². The van der Waals surface area contributed by atoms with Crippen molar-refractivity contribution in [2.75, 3.05) is 31.1 Å². The predicted molar refractivity (Wildman–Crippen MR) is 77.8 cm³/mol. The van der Waals surface area contributed by atoms with Crippen LogP contribution >= 0.6 is 0 Å². The maximum atomic E-state index is 12.4. The number of piperidine rings is 1. The molecule has 0 unspecified atom stereocenters. The molecule has 0 radical (unpaired) electrons. The maximum Gasteiger partial charge on any atom is 0.282 e. The zero-order valence-corrected chi connectivity index (χ0v) is 12.4. The molecule has 114 valence electrons. The first kappa shape index (κ1) is 15.5. The van der Waals surface area contributed by atoms with E-state index in [2.05, 4.69) is 0 Å². The van der Waals surface area contributed by atoms with Gasteiger partial charge in [0.05, 0.1) is 13.1 Å². The van der Waals surface area contributed by atoms with Gasteiger partial charge in [0, 0.05) is 37.0 Å². The second-order valence-electron chi connectivity index (χ2n) is 5.49. The molecule has 1 aliphatic rings. The first-order chi connectivity index (χ1) is 10.1. The summed E-state index contributed by atoms with van der Waals surface area (Å²) in [6.45, 7) is 4.45. The average molecular weight is 290 g/mol. The molecule has 1 aliphatic heterocycles. The Morgan fingerprint density at radius 1 is 1.24 bits per heavy atom. The van der Waals surface area contributed by atoms with Crippen molar-refractivity contribution in [3.05, 3.63) is 30.3 Å². The van der Waals surface area contributed by atoms with E-state index in [-0.39, 0.29) is 11.8 Å². The molecule has 1 heterocycles. The molecule has 0 atom stereocenters. The number of likely N-dealkylation sites (tertiary alicyclic amines) is 1. The van der Waals surface area contributed by atoms with Crippen molar-refractivity contribution in [1.29, 1.82) is 0 Å². The number of amides is 1. The number of aliphatic carboxylic acids is 1. The molecule has 1 amide bonds. The Morgan fingerprint density at radius 3 is 2.38 bits per heavy atom.